The monoisotopic (exact) mass is 310 g/mol. The molecule has 2 aromatic rings. The van der Waals surface area contributed by atoms with Crippen molar-refractivity contribution < 1.29 is 4.74 Å². The van der Waals surface area contributed by atoms with E-state index in [1.54, 1.807) is 7.11 Å². The van der Waals surface area contributed by atoms with Crippen LogP contribution < -0.4 is 4.74 Å². The predicted molar refractivity (Wildman–Crippen MR) is 84.1 cm³/mol. The molecule has 0 saturated heterocycles. The van der Waals surface area contributed by atoms with Crippen molar-refractivity contribution in [3.8, 4) is 5.88 Å². The van der Waals surface area contributed by atoms with E-state index in [0.717, 1.165) is 24.0 Å². The zero-order valence-electron chi connectivity index (χ0n) is 11.6. The number of aromatic amines is 1. The highest BCUT2D eigenvalue weighted by Gasteiger charge is 2.25. The topological polar surface area (TPSA) is 55.7 Å². The second kappa shape index (κ2) is 5.73. The van der Waals surface area contributed by atoms with Crippen LogP contribution in [0.15, 0.2) is 6.33 Å². The Morgan fingerprint density at radius 1 is 1.45 bits per heavy atom. The van der Waals surface area contributed by atoms with Crippen LogP contribution in [-0.2, 0) is 0 Å². The standard InChI is InChI=1S/C13H18N4OS2/c1-18-12-10-11(14-7-15-12)17(13(19)16-10)8-4-3-5-9(6-8)20-2/h7-9H,3-6H2,1-2H3,(H,16,19). The van der Waals surface area contributed by atoms with E-state index in [2.05, 4.69) is 25.8 Å². The minimum absolute atomic E-state index is 0.419. The Labute approximate surface area is 127 Å². The Morgan fingerprint density at radius 3 is 3.05 bits per heavy atom. The van der Waals surface area contributed by atoms with Gasteiger partial charge in [0.1, 0.15) is 11.8 Å². The van der Waals surface area contributed by atoms with E-state index in [-0.39, 0.29) is 0 Å². The highest BCUT2D eigenvalue weighted by molar-refractivity contribution is 7.99. The Morgan fingerprint density at radius 2 is 2.30 bits per heavy atom. The summed E-state index contributed by atoms with van der Waals surface area (Å²) in [6.07, 6.45) is 8.57. The number of methoxy groups -OCH3 is 1. The van der Waals surface area contributed by atoms with Gasteiger partial charge < -0.3 is 9.72 Å². The second-order valence-electron chi connectivity index (χ2n) is 5.06. The third-order valence-corrected chi connectivity index (χ3v) is 5.36. The normalized spacial score (nSPS) is 23.1. The molecule has 1 aliphatic carbocycles. The fourth-order valence-corrected chi connectivity index (χ4v) is 4.13. The molecule has 2 aromatic heterocycles. The Kier molecular flexibility index (Phi) is 3.98. The van der Waals surface area contributed by atoms with E-state index < -0.39 is 0 Å². The van der Waals surface area contributed by atoms with Crippen molar-refractivity contribution in [2.24, 2.45) is 0 Å². The molecule has 1 saturated carbocycles. The van der Waals surface area contributed by atoms with Crippen LogP contribution in [0.4, 0.5) is 0 Å². The third-order valence-electron chi connectivity index (χ3n) is 3.96. The Balaban J connectivity index is 2.07. The van der Waals surface area contributed by atoms with Gasteiger partial charge >= 0.3 is 0 Å². The molecule has 0 amide bonds. The average molecular weight is 310 g/mol. The number of thioether (sulfide) groups is 1. The quantitative estimate of drug-likeness (QED) is 0.881. The number of rotatable bonds is 3. The molecule has 0 aliphatic heterocycles. The molecule has 2 unspecified atom stereocenters. The van der Waals surface area contributed by atoms with Crippen LogP contribution in [0.2, 0.25) is 0 Å². The number of hydrogen-bond donors (Lipinski definition) is 1. The number of fused-ring (bicyclic) bond motifs is 1. The fraction of sp³-hybridized carbons (Fsp3) is 0.615. The van der Waals surface area contributed by atoms with Gasteiger partial charge in [0.05, 0.1) is 7.11 Å². The summed E-state index contributed by atoms with van der Waals surface area (Å²) in [5.74, 6) is 0.553. The lowest BCUT2D eigenvalue weighted by Gasteiger charge is -2.29. The van der Waals surface area contributed by atoms with Crippen LogP contribution in [-0.4, -0.2) is 38.1 Å². The van der Waals surface area contributed by atoms with Crippen LogP contribution >= 0.6 is 24.0 Å². The maximum atomic E-state index is 5.49. The maximum absolute atomic E-state index is 5.49. The van der Waals surface area contributed by atoms with E-state index in [4.69, 9.17) is 17.0 Å². The molecule has 2 heterocycles. The summed E-state index contributed by atoms with van der Waals surface area (Å²) >= 11 is 7.44. The van der Waals surface area contributed by atoms with Gasteiger partial charge in [-0.3, -0.25) is 4.57 Å². The van der Waals surface area contributed by atoms with Crippen molar-refractivity contribution in [1.82, 2.24) is 19.5 Å². The molecule has 0 radical (unpaired) electrons. The van der Waals surface area contributed by atoms with Gasteiger partial charge in [-0.25, -0.2) is 4.98 Å². The van der Waals surface area contributed by atoms with Crippen LogP contribution in [0.1, 0.15) is 31.7 Å². The molecule has 20 heavy (non-hydrogen) atoms. The molecule has 2 atom stereocenters. The van der Waals surface area contributed by atoms with Gasteiger partial charge in [0.25, 0.3) is 0 Å². The first kappa shape index (κ1) is 13.9. The second-order valence-corrected chi connectivity index (χ2v) is 6.58. The summed E-state index contributed by atoms with van der Waals surface area (Å²) in [5, 5.41) is 0.712. The van der Waals surface area contributed by atoms with Crippen molar-refractivity contribution in [2.45, 2.75) is 37.0 Å². The van der Waals surface area contributed by atoms with Gasteiger partial charge in [-0.05, 0) is 37.7 Å². The molecule has 0 bridgehead atoms. The first-order chi connectivity index (χ1) is 9.74. The molecule has 0 spiro atoms. The number of nitrogens with zero attached hydrogens (tertiary/aromatic N) is 3. The van der Waals surface area contributed by atoms with Gasteiger partial charge in [0.15, 0.2) is 10.4 Å². The van der Waals surface area contributed by atoms with Crippen molar-refractivity contribution in [3.05, 3.63) is 11.1 Å². The van der Waals surface area contributed by atoms with Gasteiger partial charge in [-0.2, -0.15) is 16.7 Å². The molecule has 1 aliphatic rings. The maximum Gasteiger partial charge on any atom is 0.242 e. The van der Waals surface area contributed by atoms with E-state index in [0.29, 0.717) is 21.9 Å². The van der Waals surface area contributed by atoms with Crippen molar-refractivity contribution >= 4 is 35.1 Å². The van der Waals surface area contributed by atoms with Crippen LogP contribution in [0, 0.1) is 4.77 Å². The molecule has 7 heteroatoms. The van der Waals surface area contributed by atoms with Crippen LogP contribution in [0.5, 0.6) is 5.88 Å². The van der Waals surface area contributed by atoms with E-state index in [1.807, 2.05) is 11.8 Å². The molecule has 3 rings (SSSR count). The van der Waals surface area contributed by atoms with Gasteiger partial charge in [-0.15, -0.1) is 0 Å². The summed E-state index contributed by atoms with van der Waals surface area (Å²) in [4.78, 5) is 11.7. The Bertz CT molecular complexity index is 666. The van der Waals surface area contributed by atoms with Crippen LogP contribution in [0.25, 0.3) is 11.2 Å². The van der Waals surface area contributed by atoms with E-state index in [1.165, 1.54) is 19.2 Å². The van der Waals surface area contributed by atoms with E-state index >= 15 is 0 Å². The number of hydrogen-bond acceptors (Lipinski definition) is 5. The molecular weight excluding hydrogens is 292 g/mol. The lowest BCUT2D eigenvalue weighted by Crippen LogP contribution is -2.21. The lowest BCUT2D eigenvalue weighted by atomic mass is 9.95. The number of H-pyrrole nitrogens is 1. The first-order valence-corrected chi connectivity index (χ1v) is 8.46. The van der Waals surface area contributed by atoms with E-state index in [9.17, 15) is 0 Å². The SMILES string of the molecule is COc1ncnc2c1[nH]c(=S)n2C1CCCC(SC)C1. The summed E-state index contributed by atoms with van der Waals surface area (Å²) < 4.78 is 8.14. The molecule has 1 N–H and O–H groups in total. The zero-order chi connectivity index (χ0) is 14.1. The molecule has 5 nitrogen and oxygen atoms in total. The predicted octanol–water partition coefficient (Wildman–Crippen LogP) is 3.34. The smallest absolute Gasteiger partial charge is 0.242 e. The number of ether oxygens (including phenoxy) is 1. The molecule has 0 aromatic carbocycles. The summed E-state index contributed by atoms with van der Waals surface area (Å²) in [6, 6.07) is 0.419. The lowest BCUT2D eigenvalue weighted by molar-refractivity contribution is 0.363. The zero-order valence-corrected chi connectivity index (χ0v) is 13.3. The number of nitrogens with one attached hydrogen (secondary N) is 1. The van der Waals surface area contributed by atoms with Crippen LogP contribution in [0.3, 0.4) is 0 Å². The summed E-state index contributed by atoms with van der Waals surface area (Å²) in [6.45, 7) is 0. The fourth-order valence-electron chi connectivity index (χ4n) is 2.98. The Hall–Kier alpha value is -1.08. The van der Waals surface area contributed by atoms with Gasteiger partial charge in [0, 0.05) is 11.3 Å². The minimum Gasteiger partial charge on any atom is -0.479 e. The highest BCUT2D eigenvalue weighted by atomic mass is 32.2. The minimum atomic E-state index is 0.419. The van der Waals surface area contributed by atoms with Crippen molar-refractivity contribution in [1.29, 1.82) is 0 Å². The number of aromatic nitrogens is 4. The van der Waals surface area contributed by atoms with Crippen molar-refractivity contribution in [3.63, 3.8) is 0 Å². The van der Waals surface area contributed by atoms with Crippen molar-refractivity contribution in [2.75, 3.05) is 13.4 Å². The summed E-state index contributed by atoms with van der Waals surface area (Å²) in [7, 11) is 1.61. The highest BCUT2D eigenvalue weighted by Crippen LogP contribution is 2.36. The van der Waals surface area contributed by atoms with Gasteiger partial charge in [-0.1, -0.05) is 6.42 Å². The number of imidazole rings is 1. The molecule has 108 valence electrons. The average Bonchev–Trinajstić information content (AvgIpc) is 2.83. The molecule has 1 fully saturated rings. The summed E-state index contributed by atoms with van der Waals surface area (Å²) in [5.41, 5.74) is 1.65. The third kappa shape index (κ3) is 2.33. The largest absolute Gasteiger partial charge is 0.479 e. The molecular formula is C13H18N4OS2. The van der Waals surface area contributed by atoms with Gasteiger partial charge in [0.2, 0.25) is 5.88 Å². The first-order valence-electron chi connectivity index (χ1n) is 6.76.